The molecular weight excluding hydrogens is 563 g/mol. The molecular formula is C23H27FN10O6S. The predicted molar refractivity (Wildman–Crippen MR) is 144 cm³/mol. The number of H-pyrrole nitrogens is 2. The van der Waals surface area contributed by atoms with Gasteiger partial charge in [0.15, 0.2) is 0 Å². The van der Waals surface area contributed by atoms with E-state index in [1.807, 2.05) is 0 Å². The molecule has 41 heavy (non-hydrogen) atoms. The van der Waals surface area contributed by atoms with Crippen molar-refractivity contribution < 1.29 is 26.6 Å². The Balaban J connectivity index is 1.23. The lowest BCUT2D eigenvalue weighted by molar-refractivity contribution is -0.125. The van der Waals surface area contributed by atoms with E-state index in [4.69, 9.17) is 16.0 Å². The summed E-state index contributed by atoms with van der Waals surface area (Å²) in [6, 6.07) is 2.64. The Bertz CT molecular complexity index is 1630. The SMILES string of the molecule is [N-]=[N+]=N[C@H]1C[C@@H](C(=O)NCCOCCNCc2c[nH]c3nc(N)[nH]c(=O)c23)N(C(=O)c2ccc(S(=O)(=O)F)cc2)C1. The number of anilines is 1. The van der Waals surface area contributed by atoms with Crippen LogP contribution in [0.25, 0.3) is 21.5 Å². The van der Waals surface area contributed by atoms with Crippen LogP contribution in [-0.2, 0) is 26.3 Å². The molecule has 2 atom stereocenters. The van der Waals surface area contributed by atoms with Crippen LogP contribution >= 0.6 is 0 Å². The number of hydrogen-bond acceptors (Lipinski definition) is 10. The zero-order chi connectivity index (χ0) is 29.6. The molecule has 0 unspecified atom stereocenters. The van der Waals surface area contributed by atoms with E-state index < -0.39 is 39.0 Å². The van der Waals surface area contributed by atoms with Crippen molar-refractivity contribution in [2.24, 2.45) is 5.11 Å². The Morgan fingerprint density at radius 1 is 1.27 bits per heavy atom. The van der Waals surface area contributed by atoms with Crippen molar-refractivity contribution in [3.8, 4) is 0 Å². The molecule has 1 aliphatic heterocycles. The van der Waals surface area contributed by atoms with Gasteiger partial charge < -0.3 is 31.0 Å². The minimum atomic E-state index is -4.93. The molecule has 3 aromatic rings. The third kappa shape index (κ3) is 7.17. The fourth-order valence-corrected chi connectivity index (χ4v) is 4.92. The van der Waals surface area contributed by atoms with Gasteiger partial charge in [-0.3, -0.25) is 19.4 Å². The van der Waals surface area contributed by atoms with Gasteiger partial charge in [-0.15, -0.1) is 3.89 Å². The highest BCUT2D eigenvalue weighted by Crippen LogP contribution is 2.24. The van der Waals surface area contributed by atoms with Crippen LogP contribution in [0.15, 0.2) is 45.3 Å². The van der Waals surface area contributed by atoms with Crippen LogP contribution < -0.4 is 21.9 Å². The molecule has 1 aliphatic rings. The average Bonchev–Trinajstić information content (AvgIpc) is 3.54. The van der Waals surface area contributed by atoms with Crippen LogP contribution in [0, 0.1) is 0 Å². The standard InChI is InChI=1S/C23H27FN10O6S/c24-41(38,39)16-3-1-13(2-4-16)22(37)34-12-15(32-33-26)9-17(34)20(35)28-6-8-40-7-5-27-10-14-11-29-19-18(14)21(36)31-23(25)30-19/h1-4,11,15,17,27H,5-10,12H2,(H,28,35)(H4,25,29,30,31,36)/t15-,17-/m0/s1. The van der Waals surface area contributed by atoms with Crippen molar-refractivity contribution in [1.29, 1.82) is 0 Å². The number of nitrogens with zero attached hydrogens (tertiary/aromatic N) is 5. The second-order valence-electron chi connectivity index (χ2n) is 9.10. The third-order valence-electron chi connectivity index (χ3n) is 6.37. The molecule has 1 saturated heterocycles. The van der Waals surface area contributed by atoms with E-state index in [0.29, 0.717) is 30.7 Å². The summed E-state index contributed by atoms with van der Waals surface area (Å²) in [5, 5.41) is 9.89. The lowest BCUT2D eigenvalue weighted by Crippen LogP contribution is -2.46. The van der Waals surface area contributed by atoms with Crippen LogP contribution in [-0.4, -0.2) is 85.0 Å². The van der Waals surface area contributed by atoms with Crippen molar-refractivity contribution in [2.45, 2.75) is 29.9 Å². The van der Waals surface area contributed by atoms with Crippen LogP contribution in [0.3, 0.4) is 0 Å². The van der Waals surface area contributed by atoms with Gasteiger partial charge in [0.1, 0.15) is 11.7 Å². The highest BCUT2D eigenvalue weighted by atomic mass is 32.3. The summed E-state index contributed by atoms with van der Waals surface area (Å²) in [6.45, 7) is 1.48. The van der Waals surface area contributed by atoms with Gasteiger partial charge in [0.2, 0.25) is 11.9 Å². The van der Waals surface area contributed by atoms with Gasteiger partial charge in [-0.25, -0.2) is 0 Å². The third-order valence-corrected chi connectivity index (χ3v) is 7.20. The van der Waals surface area contributed by atoms with Gasteiger partial charge in [0.25, 0.3) is 11.5 Å². The molecule has 16 nitrogen and oxygen atoms in total. The fourth-order valence-electron chi connectivity index (χ4n) is 4.46. The molecule has 0 saturated carbocycles. The summed E-state index contributed by atoms with van der Waals surface area (Å²) in [6.07, 6.45) is 1.77. The molecule has 6 N–H and O–H groups in total. The summed E-state index contributed by atoms with van der Waals surface area (Å²) in [7, 11) is -4.93. The van der Waals surface area contributed by atoms with Crippen LogP contribution in [0.1, 0.15) is 22.3 Å². The summed E-state index contributed by atoms with van der Waals surface area (Å²) in [4.78, 5) is 50.8. The number of carbonyl (C=O) groups is 2. The minimum Gasteiger partial charge on any atom is -0.378 e. The number of nitrogens with one attached hydrogen (secondary N) is 4. The second-order valence-corrected chi connectivity index (χ2v) is 10.4. The quantitative estimate of drug-likeness (QED) is 0.0640. The van der Waals surface area contributed by atoms with Crippen molar-refractivity contribution in [3.63, 3.8) is 0 Å². The number of nitrogens with two attached hydrogens (primary N) is 1. The number of carbonyl (C=O) groups excluding carboxylic acids is 2. The molecule has 1 aromatic carbocycles. The minimum absolute atomic E-state index is 0.0158. The zero-order valence-electron chi connectivity index (χ0n) is 21.5. The zero-order valence-corrected chi connectivity index (χ0v) is 22.4. The largest absolute Gasteiger partial charge is 0.378 e. The van der Waals surface area contributed by atoms with Gasteiger partial charge in [0.05, 0.1) is 29.5 Å². The Morgan fingerprint density at radius 3 is 2.71 bits per heavy atom. The molecule has 4 rings (SSSR count). The summed E-state index contributed by atoms with van der Waals surface area (Å²) < 4.78 is 40.8. The van der Waals surface area contributed by atoms with E-state index in [1.54, 1.807) is 6.20 Å². The van der Waals surface area contributed by atoms with Gasteiger partial charge >= 0.3 is 10.2 Å². The number of azide groups is 1. The predicted octanol–water partition coefficient (Wildman–Crippen LogP) is 0.308. The molecule has 0 bridgehead atoms. The lowest BCUT2D eigenvalue weighted by atomic mass is 10.1. The highest BCUT2D eigenvalue weighted by Gasteiger charge is 2.39. The van der Waals surface area contributed by atoms with E-state index >= 15 is 0 Å². The number of aromatic nitrogens is 3. The molecule has 2 aromatic heterocycles. The number of halogens is 1. The van der Waals surface area contributed by atoms with Crippen molar-refractivity contribution in [2.75, 3.05) is 38.6 Å². The fraction of sp³-hybridized carbons (Fsp3) is 0.391. The van der Waals surface area contributed by atoms with Crippen LogP contribution in [0.5, 0.6) is 0 Å². The highest BCUT2D eigenvalue weighted by molar-refractivity contribution is 7.86. The van der Waals surface area contributed by atoms with Gasteiger partial charge in [-0.1, -0.05) is 5.11 Å². The number of ether oxygens (including phenoxy) is 1. The Hall–Kier alpha value is -4.51. The summed E-state index contributed by atoms with van der Waals surface area (Å²) in [5.74, 6) is -1.05. The van der Waals surface area contributed by atoms with Gasteiger partial charge in [-0.2, -0.15) is 13.4 Å². The summed E-state index contributed by atoms with van der Waals surface area (Å²) in [5.41, 5.74) is 15.2. The van der Waals surface area contributed by atoms with E-state index in [1.165, 1.54) is 4.90 Å². The number of amides is 2. The molecule has 3 heterocycles. The first-order valence-corrected chi connectivity index (χ1v) is 13.8. The molecule has 2 amide bonds. The number of nitrogen functional groups attached to an aromatic ring is 1. The lowest BCUT2D eigenvalue weighted by Gasteiger charge is -2.24. The van der Waals surface area contributed by atoms with Crippen LogP contribution in [0.4, 0.5) is 9.83 Å². The normalized spacial score (nSPS) is 17.0. The van der Waals surface area contributed by atoms with E-state index in [-0.39, 0.29) is 43.2 Å². The maximum atomic E-state index is 13.2. The van der Waals surface area contributed by atoms with E-state index in [9.17, 15) is 26.7 Å². The van der Waals surface area contributed by atoms with Crippen LogP contribution in [0.2, 0.25) is 0 Å². The molecule has 18 heteroatoms. The second kappa shape index (κ2) is 12.8. The Labute approximate surface area is 232 Å². The Morgan fingerprint density at radius 2 is 2.00 bits per heavy atom. The number of benzene rings is 1. The molecule has 0 spiro atoms. The van der Waals surface area contributed by atoms with Gasteiger partial charge in [-0.05, 0) is 41.8 Å². The Kier molecular flexibility index (Phi) is 9.18. The van der Waals surface area contributed by atoms with Gasteiger partial charge in [0, 0.05) is 42.9 Å². The first-order valence-electron chi connectivity index (χ1n) is 12.4. The molecule has 0 aliphatic carbocycles. The number of fused-ring (bicyclic) bond motifs is 1. The topological polar surface area (TPSA) is 241 Å². The van der Waals surface area contributed by atoms with Crippen molar-refractivity contribution in [1.82, 2.24) is 30.5 Å². The molecule has 0 radical (unpaired) electrons. The maximum Gasteiger partial charge on any atom is 0.332 e. The molecule has 1 fully saturated rings. The average molecular weight is 591 g/mol. The van der Waals surface area contributed by atoms with E-state index in [2.05, 4.69) is 35.6 Å². The smallest absolute Gasteiger partial charge is 0.332 e. The molecule has 218 valence electrons. The first-order chi connectivity index (χ1) is 19.6. The number of aromatic amines is 2. The first kappa shape index (κ1) is 29.5. The number of hydrogen-bond donors (Lipinski definition) is 5. The number of rotatable bonds is 12. The summed E-state index contributed by atoms with van der Waals surface area (Å²) >= 11 is 0. The maximum absolute atomic E-state index is 13.2. The van der Waals surface area contributed by atoms with Crippen molar-refractivity contribution in [3.05, 3.63) is 62.4 Å². The van der Waals surface area contributed by atoms with Crippen molar-refractivity contribution >= 4 is 39.0 Å². The monoisotopic (exact) mass is 590 g/mol. The van der Waals surface area contributed by atoms with E-state index in [0.717, 1.165) is 29.8 Å². The number of likely N-dealkylation sites (tertiary alicyclic amines) is 1.